The first kappa shape index (κ1) is 23.5. The van der Waals surface area contributed by atoms with E-state index in [4.69, 9.17) is 0 Å². The van der Waals surface area contributed by atoms with E-state index in [1.807, 2.05) is 0 Å². The lowest BCUT2D eigenvalue weighted by Gasteiger charge is -2.36. The highest BCUT2D eigenvalue weighted by molar-refractivity contribution is 7.99. The number of nitro groups is 1. The third-order valence-electron chi connectivity index (χ3n) is 5.38. The van der Waals surface area contributed by atoms with Gasteiger partial charge < -0.3 is 14.4 Å². The molecular weight excluding hydrogens is 473 g/mol. The Balaban J connectivity index is 1.46. The number of halogens is 3. The van der Waals surface area contributed by atoms with Gasteiger partial charge in [0.1, 0.15) is 6.33 Å². The third kappa shape index (κ3) is 4.98. The third-order valence-corrected chi connectivity index (χ3v) is 6.50. The Kier molecular flexibility index (Phi) is 6.46. The van der Waals surface area contributed by atoms with Crippen LogP contribution in [0.4, 0.5) is 24.5 Å². The Bertz CT molecular complexity index is 1220. The average Bonchev–Trinajstić information content (AvgIpc) is 3.22. The summed E-state index contributed by atoms with van der Waals surface area (Å²) in [6.45, 7) is 1.24. The maximum Gasteiger partial charge on any atom is 0.416 e. The van der Waals surface area contributed by atoms with E-state index in [9.17, 15) is 28.1 Å². The van der Waals surface area contributed by atoms with Crippen molar-refractivity contribution < 1.29 is 22.9 Å². The van der Waals surface area contributed by atoms with Gasteiger partial charge in [0.2, 0.25) is 0 Å². The van der Waals surface area contributed by atoms with Gasteiger partial charge in [-0.2, -0.15) is 13.2 Å². The minimum atomic E-state index is -4.43. The van der Waals surface area contributed by atoms with Gasteiger partial charge in [-0.3, -0.25) is 14.9 Å². The summed E-state index contributed by atoms with van der Waals surface area (Å²) in [5.41, 5.74) is -0.346. The van der Waals surface area contributed by atoms with Crippen molar-refractivity contribution in [1.82, 2.24) is 19.7 Å². The summed E-state index contributed by atoms with van der Waals surface area (Å²) in [7, 11) is 1.71. The number of rotatable bonds is 5. The van der Waals surface area contributed by atoms with Crippen LogP contribution in [0.1, 0.15) is 15.9 Å². The molecule has 1 saturated heterocycles. The second-order valence-corrected chi connectivity index (χ2v) is 8.60. The first-order chi connectivity index (χ1) is 16.1. The Morgan fingerprint density at radius 1 is 1.12 bits per heavy atom. The van der Waals surface area contributed by atoms with Crippen molar-refractivity contribution in [3.8, 4) is 0 Å². The molecule has 1 aromatic heterocycles. The summed E-state index contributed by atoms with van der Waals surface area (Å²) >= 11 is 1.07. The lowest BCUT2D eigenvalue weighted by Crippen LogP contribution is -2.48. The van der Waals surface area contributed by atoms with Crippen LogP contribution >= 0.6 is 11.8 Å². The first-order valence-electron chi connectivity index (χ1n) is 10.2. The van der Waals surface area contributed by atoms with Crippen molar-refractivity contribution in [2.24, 2.45) is 7.05 Å². The van der Waals surface area contributed by atoms with Crippen LogP contribution in [0.25, 0.3) is 0 Å². The maximum atomic E-state index is 13.0. The van der Waals surface area contributed by atoms with Gasteiger partial charge >= 0.3 is 6.18 Å². The van der Waals surface area contributed by atoms with Crippen LogP contribution in [0.2, 0.25) is 0 Å². The predicted molar refractivity (Wildman–Crippen MR) is 118 cm³/mol. The van der Waals surface area contributed by atoms with Crippen LogP contribution in [-0.2, 0) is 13.2 Å². The van der Waals surface area contributed by atoms with E-state index in [0.717, 1.165) is 23.9 Å². The Morgan fingerprint density at radius 2 is 1.85 bits per heavy atom. The molecule has 0 radical (unpaired) electrons. The molecule has 0 saturated carbocycles. The number of aryl methyl sites for hydroxylation is 1. The molecular formula is C21H19F3N6O3S. The number of amides is 1. The predicted octanol–water partition coefficient (Wildman–Crippen LogP) is 3.86. The number of anilines is 1. The quantitative estimate of drug-likeness (QED) is 0.394. The fourth-order valence-corrected chi connectivity index (χ4v) is 4.42. The molecule has 0 bridgehead atoms. The monoisotopic (exact) mass is 492 g/mol. The van der Waals surface area contributed by atoms with Crippen LogP contribution in [0.3, 0.4) is 0 Å². The lowest BCUT2D eigenvalue weighted by molar-refractivity contribution is -0.387. The number of alkyl halides is 3. The maximum absolute atomic E-state index is 13.0. The average molecular weight is 492 g/mol. The fourth-order valence-electron chi connectivity index (χ4n) is 3.57. The highest BCUT2D eigenvalue weighted by Crippen LogP contribution is 2.35. The lowest BCUT2D eigenvalue weighted by atomic mass is 10.1. The highest BCUT2D eigenvalue weighted by Gasteiger charge is 2.31. The van der Waals surface area contributed by atoms with Crippen LogP contribution < -0.4 is 4.90 Å². The van der Waals surface area contributed by atoms with E-state index in [1.54, 1.807) is 27.5 Å². The number of piperazine rings is 1. The van der Waals surface area contributed by atoms with Crippen molar-refractivity contribution in [1.29, 1.82) is 0 Å². The molecule has 4 rings (SSSR count). The van der Waals surface area contributed by atoms with Gasteiger partial charge in [-0.05, 0) is 42.1 Å². The molecule has 13 heteroatoms. The van der Waals surface area contributed by atoms with Gasteiger partial charge in [0.15, 0.2) is 5.16 Å². The van der Waals surface area contributed by atoms with E-state index in [1.165, 1.54) is 30.6 Å². The van der Waals surface area contributed by atoms with Crippen LogP contribution in [0.5, 0.6) is 0 Å². The summed E-state index contributed by atoms with van der Waals surface area (Å²) in [5.74, 6) is -0.373. The van der Waals surface area contributed by atoms with Gasteiger partial charge in [-0.25, -0.2) is 0 Å². The summed E-state index contributed by atoms with van der Waals surface area (Å²) < 4.78 is 40.6. The van der Waals surface area contributed by atoms with E-state index in [0.29, 0.717) is 28.8 Å². The van der Waals surface area contributed by atoms with E-state index >= 15 is 0 Å². The van der Waals surface area contributed by atoms with Crippen LogP contribution in [0.15, 0.2) is 58.8 Å². The molecule has 34 heavy (non-hydrogen) atoms. The van der Waals surface area contributed by atoms with Crippen LogP contribution in [-0.4, -0.2) is 56.7 Å². The Hall–Kier alpha value is -3.61. The summed E-state index contributed by atoms with van der Waals surface area (Å²) in [4.78, 5) is 27.7. The van der Waals surface area contributed by atoms with Crippen LogP contribution in [0, 0.1) is 10.1 Å². The van der Waals surface area contributed by atoms with Crippen molar-refractivity contribution in [2.45, 2.75) is 16.2 Å². The zero-order valence-corrected chi connectivity index (χ0v) is 18.7. The molecule has 0 spiro atoms. The van der Waals surface area contributed by atoms with Gasteiger partial charge in [-0.15, -0.1) is 10.2 Å². The minimum Gasteiger partial charge on any atom is -0.368 e. The molecule has 178 valence electrons. The second kappa shape index (κ2) is 9.33. The van der Waals surface area contributed by atoms with Gasteiger partial charge in [0, 0.05) is 50.5 Å². The summed E-state index contributed by atoms with van der Waals surface area (Å²) in [5, 5.41) is 19.7. The fraction of sp³-hybridized carbons (Fsp3) is 0.286. The van der Waals surface area contributed by atoms with Gasteiger partial charge in [0.05, 0.1) is 15.4 Å². The topological polar surface area (TPSA) is 97.4 Å². The van der Waals surface area contributed by atoms with Gasteiger partial charge in [-0.1, -0.05) is 6.07 Å². The molecule has 3 aromatic rings. The number of nitrogens with zero attached hydrogens (tertiary/aromatic N) is 6. The zero-order valence-electron chi connectivity index (χ0n) is 17.9. The molecule has 0 N–H and O–H groups in total. The smallest absolute Gasteiger partial charge is 0.368 e. The standard InChI is InChI=1S/C21H19F3N6O3S/c1-27-13-25-26-20(27)34-18-6-5-14(11-17(18)30(32)33)19(31)29-9-7-28(8-10-29)16-4-2-3-15(12-16)21(22,23)24/h2-6,11-13H,7-10H2,1H3. The Labute approximate surface area is 196 Å². The highest BCUT2D eigenvalue weighted by atomic mass is 32.2. The molecule has 1 fully saturated rings. The number of carbonyl (C=O) groups excluding carboxylic acids is 1. The number of carbonyl (C=O) groups is 1. The van der Waals surface area contributed by atoms with Gasteiger partial charge in [0.25, 0.3) is 11.6 Å². The molecule has 1 amide bonds. The first-order valence-corrected chi connectivity index (χ1v) is 11.0. The zero-order chi connectivity index (χ0) is 24.5. The number of hydrogen-bond donors (Lipinski definition) is 0. The van der Waals surface area contributed by atoms with Crippen molar-refractivity contribution in [3.05, 3.63) is 70.0 Å². The van der Waals surface area contributed by atoms with Crippen molar-refractivity contribution in [2.75, 3.05) is 31.1 Å². The second-order valence-electron chi connectivity index (χ2n) is 7.59. The largest absolute Gasteiger partial charge is 0.416 e. The molecule has 0 aliphatic carbocycles. The molecule has 2 aromatic carbocycles. The van der Waals surface area contributed by atoms with Crippen molar-refractivity contribution >= 4 is 29.0 Å². The Morgan fingerprint density at radius 3 is 2.47 bits per heavy atom. The minimum absolute atomic E-state index is 0.168. The molecule has 9 nitrogen and oxygen atoms in total. The molecule has 1 aliphatic heterocycles. The summed E-state index contributed by atoms with van der Waals surface area (Å²) in [6, 6.07) is 9.33. The summed E-state index contributed by atoms with van der Waals surface area (Å²) in [6.07, 6.45) is -2.95. The molecule has 0 unspecified atom stereocenters. The van der Waals surface area contributed by atoms with E-state index in [2.05, 4.69) is 10.2 Å². The number of nitro benzene ring substituents is 1. The number of aromatic nitrogens is 3. The van der Waals surface area contributed by atoms with Crippen molar-refractivity contribution in [3.63, 3.8) is 0 Å². The molecule has 1 aliphatic rings. The SMILES string of the molecule is Cn1cnnc1Sc1ccc(C(=O)N2CCN(c3cccc(C(F)(F)F)c3)CC2)cc1[N+](=O)[O-]. The molecule has 0 atom stereocenters. The number of hydrogen-bond acceptors (Lipinski definition) is 7. The van der Waals surface area contributed by atoms with E-state index in [-0.39, 0.29) is 30.2 Å². The molecule has 2 heterocycles. The normalized spacial score (nSPS) is 14.4. The number of benzene rings is 2. The van der Waals surface area contributed by atoms with E-state index < -0.39 is 16.7 Å².